The maximum Gasteiger partial charge on any atom is 0.198 e. The van der Waals surface area contributed by atoms with E-state index < -0.39 is 8.11 Å². The van der Waals surface area contributed by atoms with E-state index in [0.29, 0.717) is 10.0 Å². The molecule has 0 N–H and O–H groups in total. The summed E-state index contributed by atoms with van der Waals surface area (Å²) < 4.78 is 0. The SMILES string of the molecule is C[Si](Cl)c1cccc(Cl)c1Cl. The van der Waals surface area contributed by atoms with Crippen LogP contribution in [0.25, 0.3) is 0 Å². The van der Waals surface area contributed by atoms with E-state index in [1.54, 1.807) is 6.07 Å². The highest BCUT2D eigenvalue weighted by Gasteiger charge is 2.10. The predicted octanol–water partition coefficient (Wildman–Crippen LogP) is 3.06. The molecule has 1 rings (SSSR count). The molecule has 1 aromatic carbocycles. The quantitative estimate of drug-likeness (QED) is 0.508. The van der Waals surface area contributed by atoms with Crippen LogP contribution in [-0.4, -0.2) is 8.11 Å². The Labute approximate surface area is 82.4 Å². The maximum atomic E-state index is 5.94. The van der Waals surface area contributed by atoms with E-state index in [1.807, 2.05) is 18.7 Å². The van der Waals surface area contributed by atoms with Gasteiger partial charge < -0.3 is 0 Å². The Bertz CT molecular complexity index is 260. The zero-order chi connectivity index (χ0) is 8.43. The predicted molar refractivity (Wildman–Crippen MR) is 53.6 cm³/mol. The zero-order valence-corrected chi connectivity index (χ0v) is 9.13. The molecule has 1 radical (unpaired) electrons. The van der Waals surface area contributed by atoms with Crippen LogP contribution < -0.4 is 5.19 Å². The highest BCUT2D eigenvalue weighted by molar-refractivity contribution is 7.14. The Balaban J connectivity index is 3.17. The van der Waals surface area contributed by atoms with E-state index in [9.17, 15) is 0 Å². The molecule has 0 fully saturated rings. The first-order chi connectivity index (χ1) is 5.13. The number of hydrogen-bond acceptors (Lipinski definition) is 0. The van der Waals surface area contributed by atoms with Crippen molar-refractivity contribution in [1.29, 1.82) is 0 Å². The molecule has 59 valence electrons. The Morgan fingerprint density at radius 1 is 1.27 bits per heavy atom. The molecule has 0 aliphatic rings. The van der Waals surface area contributed by atoms with E-state index >= 15 is 0 Å². The van der Waals surface area contributed by atoms with Gasteiger partial charge in [-0.2, -0.15) is 11.1 Å². The second-order valence-corrected chi connectivity index (χ2v) is 6.23. The highest BCUT2D eigenvalue weighted by atomic mass is 35.6. The summed E-state index contributed by atoms with van der Waals surface area (Å²) >= 11 is 17.6. The molecule has 0 spiro atoms. The Morgan fingerprint density at radius 2 is 1.91 bits per heavy atom. The summed E-state index contributed by atoms with van der Waals surface area (Å²) in [5.41, 5.74) is 0. The molecule has 1 aromatic rings. The van der Waals surface area contributed by atoms with Gasteiger partial charge in [-0.15, -0.1) is 0 Å². The van der Waals surface area contributed by atoms with Crippen LogP contribution in [-0.2, 0) is 0 Å². The first-order valence-corrected chi connectivity index (χ1v) is 6.83. The number of benzene rings is 1. The van der Waals surface area contributed by atoms with E-state index in [1.165, 1.54) is 0 Å². The van der Waals surface area contributed by atoms with E-state index in [0.717, 1.165) is 5.19 Å². The van der Waals surface area contributed by atoms with Gasteiger partial charge >= 0.3 is 0 Å². The zero-order valence-electron chi connectivity index (χ0n) is 5.87. The van der Waals surface area contributed by atoms with Gasteiger partial charge in [0.15, 0.2) is 8.11 Å². The lowest BCUT2D eigenvalue weighted by Crippen LogP contribution is -2.21. The van der Waals surface area contributed by atoms with Crippen molar-refractivity contribution >= 4 is 47.6 Å². The van der Waals surface area contributed by atoms with Gasteiger partial charge in [0.25, 0.3) is 0 Å². The standard InChI is InChI=1S/C7H6Cl3Si/c1-11(10)6-4-2-3-5(8)7(6)9/h2-4H,1H3. The van der Waals surface area contributed by atoms with Gasteiger partial charge in [-0.1, -0.05) is 41.9 Å². The Kier molecular flexibility index (Phi) is 3.25. The van der Waals surface area contributed by atoms with Crippen LogP contribution in [0.4, 0.5) is 0 Å². The van der Waals surface area contributed by atoms with Crippen molar-refractivity contribution in [2.75, 3.05) is 0 Å². The fourth-order valence-corrected chi connectivity index (χ4v) is 2.96. The topological polar surface area (TPSA) is 0 Å². The van der Waals surface area contributed by atoms with E-state index in [2.05, 4.69) is 0 Å². The van der Waals surface area contributed by atoms with Crippen molar-refractivity contribution in [2.45, 2.75) is 6.55 Å². The molecule has 0 saturated carbocycles. The molecule has 0 aromatic heterocycles. The van der Waals surface area contributed by atoms with Crippen LogP contribution in [0.2, 0.25) is 16.6 Å². The molecule has 0 nitrogen and oxygen atoms in total. The lowest BCUT2D eigenvalue weighted by molar-refractivity contribution is 1.75. The minimum atomic E-state index is -1.01. The van der Waals surface area contributed by atoms with Gasteiger partial charge in [0.1, 0.15) is 0 Å². The van der Waals surface area contributed by atoms with Crippen LogP contribution in [0, 0.1) is 0 Å². The van der Waals surface area contributed by atoms with E-state index in [4.69, 9.17) is 34.3 Å². The van der Waals surface area contributed by atoms with Crippen LogP contribution in [0.3, 0.4) is 0 Å². The fraction of sp³-hybridized carbons (Fsp3) is 0.143. The highest BCUT2D eigenvalue weighted by Crippen LogP contribution is 2.19. The third kappa shape index (κ3) is 2.12. The molecule has 0 heterocycles. The number of halogens is 3. The second-order valence-electron chi connectivity index (χ2n) is 2.13. The monoisotopic (exact) mass is 223 g/mol. The van der Waals surface area contributed by atoms with Crippen LogP contribution in [0.15, 0.2) is 18.2 Å². The fourth-order valence-electron chi connectivity index (χ4n) is 0.770. The largest absolute Gasteiger partial charge is 0.198 e. The van der Waals surface area contributed by atoms with Gasteiger partial charge in [-0.25, -0.2) is 0 Å². The lowest BCUT2D eigenvalue weighted by atomic mass is 10.4. The van der Waals surface area contributed by atoms with E-state index in [-0.39, 0.29) is 0 Å². The van der Waals surface area contributed by atoms with Gasteiger partial charge in [0, 0.05) is 0 Å². The van der Waals surface area contributed by atoms with Crippen molar-refractivity contribution < 1.29 is 0 Å². The molecule has 0 unspecified atom stereocenters. The summed E-state index contributed by atoms with van der Waals surface area (Å²) in [6.45, 7) is 1.96. The van der Waals surface area contributed by atoms with Crippen LogP contribution in [0.1, 0.15) is 0 Å². The molecule has 0 amide bonds. The summed E-state index contributed by atoms with van der Waals surface area (Å²) in [6.07, 6.45) is 0. The molecular weight excluding hydrogens is 219 g/mol. The summed E-state index contributed by atoms with van der Waals surface area (Å²) in [5, 5.41) is 2.15. The summed E-state index contributed by atoms with van der Waals surface area (Å²) in [5.74, 6) is 0. The number of hydrogen-bond donors (Lipinski definition) is 0. The molecule has 0 bridgehead atoms. The first kappa shape index (κ1) is 9.40. The van der Waals surface area contributed by atoms with Gasteiger partial charge in [-0.3, -0.25) is 0 Å². The molecule has 0 aliphatic heterocycles. The summed E-state index contributed by atoms with van der Waals surface area (Å²) in [6, 6.07) is 5.53. The third-order valence-electron chi connectivity index (χ3n) is 1.32. The van der Waals surface area contributed by atoms with Crippen LogP contribution >= 0.6 is 34.3 Å². The van der Waals surface area contributed by atoms with Crippen molar-refractivity contribution in [1.82, 2.24) is 0 Å². The molecule has 11 heavy (non-hydrogen) atoms. The number of rotatable bonds is 1. The molecule has 0 atom stereocenters. The van der Waals surface area contributed by atoms with Crippen molar-refractivity contribution in [3.05, 3.63) is 28.2 Å². The van der Waals surface area contributed by atoms with Gasteiger partial charge in [0.05, 0.1) is 10.0 Å². The minimum Gasteiger partial charge on any atom is -0.163 e. The Hall–Kier alpha value is 0.307. The lowest BCUT2D eigenvalue weighted by Gasteiger charge is -2.04. The van der Waals surface area contributed by atoms with Crippen LogP contribution in [0.5, 0.6) is 0 Å². The molecule has 0 saturated heterocycles. The van der Waals surface area contributed by atoms with Crippen molar-refractivity contribution in [2.24, 2.45) is 0 Å². The van der Waals surface area contributed by atoms with Crippen molar-refractivity contribution in [3.8, 4) is 0 Å². The van der Waals surface area contributed by atoms with Crippen molar-refractivity contribution in [3.63, 3.8) is 0 Å². The summed E-state index contributed by atoms with van der Waals surface area (Å²) in [4.78, 5) is 0. The molecular formula is C7H6Cl3Si. The normalized spacial score (nSPS) is 10.6. The second kappa shape index (κ2) is 3.81. The first-order valence-electron chi connectivity index (χ1n) is 3.06. The molecule has 0 aliphatic carbocycles. The average Bonchev–Trinajstić information content (AvgIpc) is 1.94. The molecule has 4 heteroatoms. The third-order valence-corrected chi connectivity index (χ3v) is 4.07. The summed E-state index contributed by atoms with van der Waals surface area (Å²) in [7, 11) is -1.01. The smallest absolute Gasteiger partial charge is 0.163 e. The average molecular weight is 225 g/mol. The van der Waals surface area contributed by atoms with Gasteiger partial charge in [0.2, 0.25) is 0 Å². The maximum absolute atomic E-state index is 5.94. The minimum absolute atomic E-state index is 0.578. The van der Waals surface area contributed by atoms with Gasteiger partial charge in [-0.05, 0) is 11.3 Å². The Morgan fingerprint density at radius 3 is 2.36 bits per heavy atom.